The molecule has 1 N–H and O–H groups in total. The van der Waals surface area contributed by atoms with E-state index in [9.17, 15) is 0 Å². The fourth-order valence-electron chi connectivity index (χ4n) is 2.68. The van der Waals surface area contributed by atoms with Gasteiger partial charge in [0.2, 0.25) is 0 Å². The number of thiophene rings is 1. The number of rotatable bonds is 7. The van der Waals surface area contributed by atoms with Gasteiger partial charge in [-0.2, -0.15) is 0 Å². The van der Waals surface area contributed by atoms with E-state index in [1.807, 2.05) is 11.3 Å². The maximum Gasteiger partial charge on any atom is 0.0813 e. The van der Waals surface area contributed by atoms with Gasteiger partial charge in [-0.1, -0.05) is 20.8 Å². The van der Waals surface area contributed by atoms with Crippen molar-refractivity contribution < 1.29 is 4.74 Å². The first-order valence-electron chi connectivity index (χ1n) is 8.03. The van der Waals surface area contributed by atoms with E-state index >= 15 is 0 Å². The van der Waals surface area contributed by atoms with E-state index in [4.69, 9.17) is 4.74 Å². The van der Waals surface area contributed by atoms with Gasteiger partial charge in [-0.05, 0) is 56.2 Å². The summed E-state index contributed by atoms with van der Waals surface area (Å²) in [6.45, 7) is 9.71. The first-order chi connectivity index (χ1) is 9.63. The van der Waals surface area contributed by atoms with E-state index in [1.54, 1.807) is 0 Å². The Morgan fingerprint density at radius 1 is 1.20 bits per heavy atom. The number of nitrogens with one attached hydrogen (secondary N) is 1. The van der Waals surface area contributed by atoms with Gasteiger partial charge in [-0.25, -0.2) is 0 Å². The number of hydrogen-bond donors (Lipinski definition) is 1. The van der Waals surface area contributed by atoms with E-state index in [2.05, 4.69) is 38.2 Å². The molecular formula is C17H29NOS. The lowest BCUT2D eigenvalue weighted by molar-refractivity contribution is 0.0100. The highest BCUT2D eigenvalue weighted by molar-refractivity contribution is 7.11. The molecule has 114 valence electrons. The zero-order chi connectivity index (χ0) is 14.4. The lowest BCUT2D eigenvalue weighted by Gasteiger charge is -2.26. The Bertz CT molecular complexity index is 380. The zero-order valence-electron chi connectivity index (χ0n) is 13.2. The normalized spacial score (nSPS) is 23.4. The highest BCUT2D eigenvalue weighted by atomic mass is 32.1. The van der Waals surface area contributed by atoms with Crippen molar-refractivity contribution in [3.05, 3.63) is 21.9 Å². The standard InChI is InChI=1S/C17H29NOS/c1-13(2)10-18-11-16-8-9-17(20-16)12-19-15-6-4-14(3)5-7-15/h8-9,13-15,18H,4-7,10-12H2,1-3H3. The molecule has 0 amide bonds. The van der Waals surface area contributed by atoms with E-state index in [-0.39, 0.29) is 0 Å². The van der Waals surface area contributed by atoms with Crippen LogP contribution < -0.4 is 5.32 Å². The molecular weight excluding hydrogens is 266 g/mol. The molecule has 0 spiro atoms. The quantitative estimate of drug-likeness (QED) is 0.794. The van der Waals surface area contributed by atoms with Crippen LogP contribution >= 0.6 is 11.3 Å². The second kappa shape index (κ2) is 8.16. The van der Waals surface area contributed by atoms with Gasteiger partial charge in [-0.15, -0.1) is 11.3 Å². The highest BCUT2D eigenvalue weighted by Crippen LogP contribution is 2.27. The van der Waals surface area contributed by atoms with Crippen LogP contribution in [0.5, 0.6) is 0 Å². The first kappa shape index (κ1) is 16.0. The largest absolute Gasteiger partial charge is 0.373 e. The van der Waals surface area contributed by atoms with Crippen molar-refractivity contribution in [2.24, 2.45) is 11.8 Å². The molecule has 1 aromatic heterocycles. The summed E-state index contributed by atoms with van der Waals surface area (Å²) in [6, 6.07) is 4.46. The number of hydrogen-bond acceptors (Lipinski definition) is 3. The molecule has 0 saturated heterocycles. The monoisotopic (exact) mass is 295 g/mol. The molecule has 0 bridgehead atoms. The van der Waals surface area contributed by atoms with Crippen LogP contribution in [0.25, 0.3) is 0 Å². The summed E-state index contributed by atoms with van der Waals surface area (Å²) in [7, 11) is 0. The molecule has 1 heterocycles. The average Bonchev–Trinajstić information content (AvgIpc) is 2.86. The van der Waals surface area contributed by atoms with E-state index < -0.39 is 0 Å². The van der Waals surface area contributed by atoms with Crippen LogP contribution in [0.2, 0.25) is 0 Å². The summed E-state index contributed by atoms with van der Waals surface area (Å²) in [5.41, 5.74) is 0. The third-order valence-corrected chi connectivity index (χ3v) is 5.05. The second-order valence-electron chi connectivity index (χ2n) is 6.59. The van der Waals surface area contributed by atoms with Gasteiger partial charge < -0.3 is 10.1 Å². The predicted octanol–water partition coefficient (Wildman–Crippen LogP) is 4.59. The maximum absolute atomic E-state index is 6.06. The van der Waals surface area contributed by atoms with Crippen molar-refractivity contribution >= 4 is 11.3 Å². The summed E-state index contributed by atoms with van der Waals surface area (Å²) in [6.07, 6.45) is 5.65. The topological polar surface area (TPSA) is 21.3 Å². The molecule has 3 heteroatoms. The lowest BCUT2D eigenvalue weighted by Crippen LogP contribution is -2.20. The molecule has 1 aliphatic rings. The summed E-state index contributed by atoms with van der Waals surface area (Å²) >= 11 is 1.89. The van der Waals surface area contributed by atoms with Gasteiger partial charge in [0.1, 0.15) is 0 Å². The summed E-state index contributed by atoms with van der Waals surface area (Å²) < 4.78 is 6.06. The fraction of sp³-hybridized carbons (Fsp3) is 0.765. The van der Waals surface area contributed by atoms with E-state index in [0.717, 1.165) is 25.6 Å². The van der Waals surface area contributed by atoms with Gasteiger partial charge in [0.15, 0.2) is 0 Å². The minimum atomic E-state index is 0.496. The Balaban J connectivity index is 1.67. The highest BCUT2D eigenvalue weighted by Gasteiger charge is 2.18. The Morgan fingerprint density at radius 2 is 1.90 bits per heavy atom. The van der Waals surface area contributed by atoms with Crippen LogP contribution in [0.3, 0.4) is 0 Å². The average molecular weight is 295 g/mol. The Labute approximate surface area is 127 Å². The van der Waals surface area contributed by atoms with Crippen molar-refractivity contribution in [3.8, 4) is 0 Å². The molecule has 20 heavy (non-hydrogen) atoms. The SMILES string of the molecule is CC(C)CNCc1ccc(COC2CCC(C)CC2)s1. The Morgan fingerprint density at radius 3 is 2.60 bits per heavy atom. The molecule has 0 radical (unpaired) electrons. The van der Waals surface area contributed by atoms with Crippen LogP contribution in [0, 0.1) is 11.8 Å². The Kier molecular flexibility index (Phi) is 6.53. The minimum absolute atomic E-state index is 0.496. The van der Waals surface area contributed by atoms with Gasteiger partial charge in [0.05, 0.1) is 12.7 Å². The molecule has 2 rings (SSSR count). The van der Waals surface area contributed by atoms with Crippen molar-refractivity contribution in [1.29, 1.82) is 0 Å². The molecule has 2 nitrogen and oxygen atoms in total. The zero-order valence-corrected chi connectivity index (χ0v) is 14.0. The summed E-state index contributed by atoms with van der Waals surface area (Å²) in [5, 5.41) is 3.49. The molecule has 0 aliphatic heterocycles. The van der Waals surface area contributed by atoms with Gasteiger partial charge in [0.25, 0.3) is 0 Å². The predicted molar refractivity (Wildman–Crippen MR) is 87.1 cm³/mol. The van der Waals surface area contributed by atoms with Gasteiger partial charge >= 0.3 is 0 Å². The van der Waals surface area contributed by atoms with Crippen LogP contribution in [0.1, 0.15) is 56.2 Å². The maximum atomic E-state index is 6.06. The van der Waals surface area contributed by atoms with Gasteiger partial charge in [0, 0.05) is 16.3 Å². The van der Waals surface area contributed by atoms with Gasteiger partial charge in [-0.3, -0.25) is 0 Å². The van der Waals surface area contributed by atoms with Crippen molar-refractivity contribution in [2.45, 2.75) is 65.7 Å². The first-order valence-corrected chi connectivity index (χ1v) is 8.85. The van der Waals surface area contributed by atoms with Crippen LogP contribution in [-0.4, -0.2) is 12.6 Å². The molecule has 1 aliphatic carbocycles. The molecule has 1 saturated carbocycles. The molecule has 0 unspecified atom stereocenters. The third-order valence-electron chi connectivity index (χ3n) is 3.99. The summed E-state index contributed by atoms with van der Waals surface area (Å²) in [4.78, 5) is 2.78. The fourth-order valence-corrected chi connectivity index (χ4v) is 3.59. The van der Waals surface area contributed by atoms with E-state index in [0.29, 0.717) is 12.0 Å². The molecule has 0 atom stereocenters. The third kappa shape index (κ3) is 5.55. The Hall–Kier alpha value is -0.380. The minimum Gasteiger partial charge on any atom is -0.373 e. The second-order valence-corrected chi connectivity index (χ2v) is 7.84. The molecule has 0 aromatic carbocycles. The van der Waals surface area contributed by atoms with Crippen LogP contribution in [0.4, 0.5) is 0 Å². The van der Waals surface area contributed by atoms with Crippen molar-refractivity contribution in [1.82, 2.24) is 5.32 Å². The number of ether oxygens (including phenoxy) is 1. The smallest absolute Gasteiger partial charge is 0.0813 e. The van der Waals surface area contributed by atoms with Crippen molar-refractivity contribution in [2.75, 3.05) is 6.54 Å². The molecule has 1 aromatic rings. The lowest BCUT2D eigenvalue weighted by atomic mass is 9.89. The van der Waals surface area contributed by atoms with Crippen LogP contribution in [0.15, 0.2) is 12.1 Å². The van der Waals surface area contributed by atoms with E-state index in [1.165, 1.54) is 35.4 Å². The molecule has 1 fully saturated rings. The summed E-state index contributed by atoms with van der Waals surface area (Å²) in [5.74, 6) is 1.61. The van der Waals surface area contributed by atoms with Crippen molar-refractivity contribution in [3.63, 3.8) is 0 Å². The van der Waals surface area contributed by atoms with Crippen LogP contribution in [-0.2, 0) is 17.9 Å².